The molecule has 0 radical (unpaired) electrons. The van der Waals surface area contributed by atoms with Crippen molar-refractivity contribution in [3.05, 3.63) is 35.4 Å². The zero-order valence-electron chi connectivity index (χ0n) is 17.3. The molecule has 2 fully saturated rings. The lowest BCUT2D eigenvalue weighted by atomic mass is 10.1. The van der Waals surface area contributed by atoms with Crippen LogP contribution in [0.1, 0.15) is 25.3 Å². The van der Waals surface area contributed by atoms with Gasteiger partial charge in [0.25, 0.3) is 0 Å². The smallest absolute Gasteiger partial charge is 0.239 e. The quantitative estimate of drug-likeness (QED) is 0.597. The van der Waals surface area contributed by atoms with E-state index >= 15 is 0 Å². The topological polar surface area (TPSA) is 51.2 Å². The Bertz CT molecular complexity index is 728. The molecule has 0 spiro atoms. The van der Waals surface area contributed by atoms with Crippen LogP contribution in [-0.2, 0) is 11.2 Å². The highest BCUT2D eigenvalue weighted by molar-refractivity contribution is 5.82. The van der Waals surface area contributed by atoms with Gasteiger partial charge in [-0.1, -0.05) is 12.1 Å². The molecule has 0 saturated carbocycles. The van der Waals surface area contributed by atoms with Gasteiger partial charge in [0.15, 0.2) is 17.6 Å². The molecule has 2 saturated heterocycles. The van der Waals surface area contributed by atoms with Crippen molar-refractivity contribution >= 4 is 11.9 Å². The van der Waals surface area contributed by atoms with Crippen LogP contribution in [0.15, 0.2) is 23.2 Å². The molecular weight excluding hydrogens is 376 g/mol. The number of nitrogens with zero attached hydrogens (tertiary/aromatic N) is 4. The van der Waals surface area contributed by atoms with Gasteiger partial charge in [0.1, 0.15) is 0 Å². The first-order chi connectivity index (χ1) is 14.0. The highest BCUT2D eigenvalue weighted by Gasteiger charge is 2.30. The lowest BCUT2D eigenvalue weighted by Crippen LogP contribution is -2.57. The zero-order chi connectivity index (χ0) is 20.8. The molecule has 1 aromatic rings. The van der Waals surface area contributed by atoms with E-state index in [1.165, 1.54) is 6.07 Å². The lowest BCUT2D eigenvalue weighted by Gasteiger charge is -2.39. The number of rotatable bonds is 5. The molecule has 2 heterocycles. The molecule has 29 heavy (non-hydrogen) atoms. The summed E-state index contributed by atoms with van der Waals surface area (Å²) in [6.45, 7) is 7.35. The van der Waals surface area contributed by atoms with Gasteiger partial charge in [0, 0.05) is 52.9 Å². The van der Waals surface area contributed by atoms with E-state index in [4.69, 9.17) is 0 Å². The van der Waals surface area contributed by atoms with Gasteiger partial charge in [-0.25, -0.2) is 8.78 Å². The second kappa shape index (κ2) is 10.0. The summed E-state index contributed by atoms with van der Waals surface area (Å²) in [5, 5.41) is 3.24. The molecule has 2 aliphatic heterocycles. The predicted molar refractivity (Wildman–Crippen MR) is 110 cm³/mol. The highest BCUT2D eigenvalue weighted by atomic mass is 19.2. The molecule has 160 valence electrons. The molecule has 0 bridgehead atoms. The van der Waals surface area contributed by atoms with Crippen LogP contribution in [0.25, 0.3) is 0 Å². The van der Waals surface area contributed by atoms with Gasteiger partial charge in [-0.3, -0.25) is 14.7 Å². The van der Waals surface area contributed by atoms with E-state index in [0.717, 1.165) is 64.1 Å². The first kappa shape index (κ1) is 21.5. The van der Waals surface area contributed by atoms with Crippen molar-refractivity contribution in [1.82, 2.24) is 20.0 Å². The highest BCUT2D eigenvalue weighted by Crippen LogP contribution is 2.14. The summed E-state index contributed by atoms with van der Waals surface area (Å²) in [6, 6.07) is 4.15. The Hall–Kier alpha value is -2.22. The van der Waals surface area contributed by atoms with Gasteiger partial charge in [-0.05, 0) is 37.8 Å². The fourth-order valence-corrected chi connectivity index (χ4v) is 4.06. The number of likely N-dealkylation sites (tertiary alicyclic amines) is 1. The summed E-state index contributed by atoms with van der Waals surface area (Å²) in [5.74, 6) is -0.620. The van der Waals surface area contributed by atoms with Crippen LogP contribution in [-0.4, -0.2) is 85.5 Å². The molecule has 8 heteroatoms. The van der Waals surface area contributed by atoms with Crippen LogP contribution in [0.5, 0.6) is 0 Å². The number of nitrogens with one attached hydrogen (secondary N) is 1. The zero-order valence-corrected chi connectivity index (χ0v) is 17.3. The van der Waals surface area contributed by atoms with E-state index in [9.17, 15) is 13.6 Å². The van der Waals surface area contributed by atoms with Crippen LogP contribution in [0, 0.1) is 11.6 Å². The summed E-state index contributed by atoms with van der Waals surface area (Å²) in [5.41, 5.74) is 0.354. The average molecular weight is 408 g/mol. The molecule has 1 atom stereocenters. The third-order valence-corrected chi connectivity index (χ3v) is 5.86. The van der Waals surface area contributed by atoms with Crippen molar-refractivity contribution in [2.45, 2.75) is 32.2 Å². The van der Waals surface area contributed by atoms with Crippen LogP contribution in [0.2, 0.25) is 0 Å². The molecule has 2 aliphatic rings. The monoisotopic (exact) mass is 407 g/mol. The van der Waals surface area contributed by atoms with Gasteiger partial charge in [-0.2, -0.15) is 0 Å². The number of benzene rings is 1. The summed E-state index contributed by atoms with van der Waals surface area (Å²) < 4.78 is 27.1. The number of guanidine groups is 1. The van der Waals surface area contributed by atoms with Crippen molar-refractivity contribution in [3.8, 4) is 0 Å². The second-order valence-electron chi connectivity index (χ2n) is 7.67. The Morgan fingerprint density at radius 3 is 2.45 bits per heavy atom. The maximum absolute atomic E-state index is 13.8. The Kier molecular flexibility index (Phi) is 7.41. The minimum atomic E-state index is -0.819. The van der Waals surface area contributed by atoms with Crippen LogP contribution in [0.4, 0.5) is 8.78 Å². The largest absolute Gasteiger partial charge is 0.356 e. The summed E-state index contributed by atoms with van der Waals surface area (Å²) in [4.78, 5) is 23.3. The van der Waals surface area contributed by atoms with E-state index in [-0.39, 0.29) is 11.9 Å². The lowest BCUT2D eigenvalue weighted by molar-refractivity contribution is -0.135. The Labute approximate surface area is 171 Å². The van der Waals surface area contributed by atoms with E-state index in [2.05, 4.69) is 20.1 Å². The Balaban J connectivity index is 1.46. The number of hydrogen-bond donors (Lipinski definition) is 1. The molecule has 1 unspecified atom stereocenters. The number of hydrogen-bond acceptors (Lipinski definition) is 3. The number of amides is 1. The normalized spacial score (nSPS) is 19.5. The summed E-state index contributed by atoms with van der Waals surface area (Å²) in [6.07, 6.45) is 2.59. The molecule has 0 aliphatic carbocycles. The van der Waals surface area contributed by atoms with Crippen molar-refractivity contribution in [1.29, 1.82) is 0 Å². The Morgan fingerprint density at radius 2 is 1.79 bits per heavy atom. The molecular formula is C21H31F2N5O. The SMILES string of the molecule is CN=C(NCCc1cccc(F)c1F)N1CCN(C(C)C(=O)N2CCCC2)CC1. The predicted octanol–water partition coefficient (Wildman–Crippen LogP) is 1.71. The average Bonchev–Trinajstić information content (AvgIpc) is 3.28. The molecule has 6 nitrogen and oxygen atoms in total. The standard InChI is InChI=1S/C21H31F2N5O/c1-16(20(29)27-10-3-4-11-27)26-12-14-28(15-13-26)21(24-2)25-9-8-17-6-5-7-18(22)19(17)23/h5-7,16H,3-4,8-15H2,1-2H3,(H,24,25). The first-order valence-corrected chi connectivity index (χ1v) is 10.4. The number of aliphatic imine (C=N–C) groups is 1. The second-order valence-corrected chi connectivity index (χ2v) is 7.67. The number of halogens is 2. The van der Waals surface area contributed by atoms with E-state index in [1.807, 2.05) is 11.8 Å². The molecule has 1 amide bonds. The van der Waals surface area contributed by atoms with Gasteiger partial charge in [0.05, 0.1) is 6.04 Å². The minimum Gasteiger partial charge on any atom is -0.356 e. The van der Waals surface area contributed by atoms with Crippen LogP contribution in [0.3, 0.4) is 0 Å². The van der Waals surface area contributed by atoms with Crippen LogP contribution < -0.4 is 5.32 Å². The third-order valence-electron chi connectivity index (χ3n) is 5.86. The fourth-order valence-electron chi connectivity index (χ4n) is 4.06. The van der Waals surface area contributed by atoms with Crippen molar-refractivity contribution in [3.63, 3.8) is 0 Å². The maximum Gasteiger partial charge on any atom is 0.239 e. The first-order valence-electron chi connectivity index (χ1n) is 10.4. The molecule has 1 N–H and O–H groups in total. The van der Waals surface area contributed by atoms with E-state index in [1.54, 1.807) is 13.1 Å². The van der Waals surface area contributed by atoms with E-state index < -0.39 is 11.6 Å². The molecule has 0 aromatic heterocycles. The fraction of sp³-hybridized carbons (Fsp3) is 0.619. The van der Waals surface area contributed by atoms with Crippen molar-refractivity contribution < 1.29 is 13.6 Å². The number of carbonyl (C=O) groups is 1. The third kappa shape index (κ3) is 5.23. The number of piperazine rings is 1. The number of carbonyl (C=O) groups excluding carboxylic acids is 1. The molecule has 3 rings (SSSR count). The van der Waals surface area contributed by atoms with Gasteiger partial charge < -0.3 is 15.1 Å². The van der Waals surface area contributed by atoms with Gasteiger partial charge >= 0.3 is 0 Å². The maximum atomic E-state index is 13.8. The van der Waals surface area contributed by atoms with Crippen LogP contribution >= 0.6 is 0 Å². The van der Waals surface area contributed by atoms with E-state index in [0.29, 0.717) is 18.5 Å². The van der Waals surface area contributed by atoms with Gasteiger partial charge in [-0.15, -0.1) is 0 Å². The summed E-state index contributed by atoms with van der Waals surface area (Å²) in [7, 11) is 1.72. The van der Waals surface area contributed by atoms with Crippen molar-refractivity contribution in [2.75, 3.05) is 52.9 Å². The summed E-state index contributed by atoms with van der Waals surface area (Å²) >= 11 is 0. The minimum absolute atomic E-state index is 0.0961. The van der Waals surface area contributed by atoms with Gasteiger partial charge in [0.2, 0.25) is 5.91 Å². The van der Waals surface area contributed by atoms with Crippen molar-refractivity contribution in [2.24, 2.45) is 4.99 Å². The Morgan fingerprint density at radius 1 is 1.10 bits per heavy atom. The molecule has 1 aromatic carbocycles.